The second-order valence-corrected chi connectivity index (χ2v) is 5.82. The van der Waals surface area contributed by atoms with Gasteiger partial charge in [-0.25, -0.2) is 4.98 Å². The van der Waals surface area contributed by atoms with Crippen LogP contribution in [0.25, 0.3) is 22.0 Å². The van der Waals surface area contributed by atoms with E-state index < -0.39 is 11.5 Å². The van der Waals surface area contributed by atoms with Gasteiger partial charge in [-0.15, -0.1) is 0 Å². The number of aromatic nitrogens is 2. The number of carboxylic acids is 1. The molecule has 1 aromatic heterocycles. The summed E-state index contributed by atoms with van der Waals surface area (Å²) in [4.78, 5) is 29.9. The molecule has 7 heteroatoms. The minimum absolute atomic E-state index is 0.0681. The van der Waals surface area contributed by atoms with Crippen LogP contribution in [0, 0.1) is 0 Å². The van der Waals surface area contributed by atoms with E-state index in [2.05, 4.69) is 9.97 Å². The topological polar surface area (TPSA) is 85.9 Å². The van der Waals surface area contributed by atoms with Gasteiger partial charge < -0.3 is 14.9 Å². The Morgan fingerprint density at radius 2 is 2.00 bits per heavy atom. The molecule has 0 unspecified atom stereocenters. The first-order valence-electron chi connectivity index (χ1n) is 6.82. The van der Waals surface area contributed by atoms with E-state index in [4.69, 9.17) is 23.2 Å². The fourth-order valence-corrected chi connectivity index (χ4v) is 2.60. The van der Waals surface area contributed by atoms with Gasteiger partial charge >= 0.3 is 0 Å². The van der Waals surface area contributed by atoms with Crippen molar-refractivity contribution in [2.75, 3.05) is 0 Å². The summed E-state index contributed by atoms with van der Waals surface area (Å²) >= 11 is 12.1. The van der Waals surface area contributed by atoms with E-state index in [1.54, 1.807) is 30.3 Å². The largest absolute Gasteiger partial charge is 0.545 e. The van der Waals surface area contributed by atoms with Gasteiger partial charge in [0.25, 0.3) is 5.56 Å². The van der Waals surface area contributed by atoms with Gasteiger partial charge in [0.05, 0.1) is 21.9 Å². The van der Waals surface area contributed by atoms with Crippen LogP contribution in [-0.4, -0.2) is 15.9 Å². The zero-order chi connectivity index (χ0) is 17.3. The molecule has 0 spiro atoms. The maximum Gasteiger partial charge on any atom is 0.259 e. The molecule has 2 aromatic carbocycles. The van der Waals surface area contributed by atoms with Crippen LogP contribution in [0.1, 0.15) is 21.7 Å². The summed E-state index contributed by atoms with van der Waals surface area (Å²) in [7, 11) is 0. The number of carbonyl (C=O) groups excluding carboxylic acids is 1. The Labute approximate surface area is 146 Å². The number of benzene rings is 2. The van der Waals surface area contributed by atoms with Crippen LogP contribution in [0.3, 0.4) is 0 Å². The zero-order valence-corrected chi connectivity index (χ0v) is 13.6. The van der Waals surface area contributed by atoms with Crippen LogP contribution < -0.4 is 10.7 Å². The highest BCUT2D eigenvalue weighted by atomic mass is 35.5. The van der Waals surface area contributed by atoms with Crippen molar-refractivity contribution in [1.29, 1.82) is 0 Å². The van der Waals surface area contributed by atoms with E-state index in [9.17, 15) is 14.7 Å². The lowest BCUT2D eigenvalue weighted by atomic mass is 10.1. The van der Waals surface area contributed by atoms with Gasteiger partial charge in [0, 0.05) is 5.02 Å². The van der Waals surface area contributed by atoms with Crippen molar-refractivity contribution in [2.45, 2.75) is 0 Å². The SMILES string of the molecule is O=C([O-])c1ccc2c(=O)[nH]c(/C(Cl)=C/c3cccc(Cl)c3)nc2c1. The zero-order valence-electron chi connectivity index (χ0n) is 12.0. The first-order chi connectivity index (χ1) is 11.4. The molecule has 0 fully saturated rings. The minimum atomic E-state index is -1.35. The molecule has 0 saturated carbocycles. The average molecular weight is 360 g/mol. The number of hydrogen-bond donors (Lipinski definition) is 1. The number of nitrogens with one attached hydrogen (secondary N) is 1. The van der Waals surface area contributed by atoms with E-state index >= 15 is 0 Å². The molecule has 0 amide bonds. The summed E-state index contributed by atoms with van der Waals surface area (Å²) in [6.45, 7) is 0. The second-order valence-electron chi connectivity index (χ2n) is 4.98. The highest BCUT2D eigenvalue weighted by molar-refractivity contribution is 6.50. The number of nitrogens with zero attached hydrogens (tertiary/aromatic N) is 1. The number of carbonyl (C=O) groups is 1. The predicted octanol–water partition coefficient (Wildman–Crippen LogP) is 2.68. The molecule has 5 nitrogen and oxygen atoms in total. The Morgan fingerprint density at radius 3 is 2.71 bits per heavy atom. The number of aromatic amines is 1. The number of carboxylic acid groups (broad SMARTS) is 1. The smallest absolute Gasteiger partial charge is 0.259 e. The number of H-pyrrole nitrogens is 1. The number of fused-ring (bicyclic) bond motifs is 1. The van der Waals surface area contributed by atoms with Gasteiger partial charge in [-0.3, -0.25) is 4.79 Å². The van der Waals surface area contributed by atoms with Crippen LogP contribution in [0.4, 0.5) is 0 Å². The molecule has 1 heterocycles. The third-order valence-electron chi connectivity index (χ3n) is 3.31. The standard InChI is InChI=1S/C17H10Cl2N2O3/c18-11-3-1-2-9(6-11)7-13(19)15-20-14-8-10(17(23)24)4-5-12(14)16(22)21-15/h1-8H,(H,23,24)(H,20,21,22)/p-1/b13-7-. The molecular formula is C17H9Cl2N2O3-. The first kappa shape index (κ1) is 16.2. The normalized spacial score (nSPS) is 11.7. The van der Waals surface area contributed by atoms with Crippen LogP contribution in [0.2, 0.25) is 5.02 Å². The first-order valence-corrected chi connectivity index (χ1v) is 7.58. The summed E-state index contributed by atoms with van der Waals surface area (Å²) < 4.78 is 0. The van der Waals surface area contributed by atoms with E-state index in [1.807, 2.05) is 0 Å². The number of halogens is 2. The van der Waals surface area contributed by atoms with E-state index in [1.165, 1.54) is 18.2 Å². The van der Waals surface area contributed by atoms with Crippen LogP contribution >= 0.6 is 23.2 Å². The van der Waals surface area contributed by atoms with Crippen LogP contribution in [0.5, 0.6) is 0 Å². The molecule has 0 atom stereocenters. The van der Waals surface area contributed by atoms with Crippen molar-refractivity contribution >= 4 is 51.2 Å². The highest BCUT2D eigenvalue weighted by Crippen LogP contribution is 2.21. The van der Waals surface area contributed by atoms with Gasteiger partial charge in [-0.1, -0.05) is 41.4 Å². The Bertz CT molecular complexity index is 1040. The predicted molar refractivity (Wildman–Crippen MR) is 91.9 cm³/mol. The fourth-order valence-electron chi connectivity index (χ4n) is 2.19. The maximum atomic E-state index is 12.1. The number of aromatic carboxylic acids is 1. The second kappa shape index (κ2) is 6.47. The Balaban J connectivity index is 2.12. The Hall–Kier alpha value is -2.63. The summed E-state index contributed by atoms with van der Waals surface area (Å²) in [5.41, 5.74) is 0.464. The quantitative estimate of drug-likeness (QED) is 0.778. The van der Waals surface area contributed by atoms with Gasteiger partial charge in [0.1, 0.15) is 0 Å². The van der Waals surface area contributed by atoms with Crippen molar-refractivity contribution in [3.05, 3.63) is 74.8 Å². The molecule has 0 aliphatic carbocycles. The molecule has 0 aliphatic heterocycles. The maximum absolute atomic E-state index is 12.1. The molecule has 0 saturated heterocycles. The van der Waals surface area contributed by atoms with Crippen molar-refractivity contribution in [2.24, 2.45) is 0 Å². The highest BCUT2D eigenvalue weighted by Gasteiger charge is 2.08. The fraction of sp³-hybridized carbons (Fsp3) is 0. The average Bonchev–Trinajstić information content (AvgIpc) is 2.54. The van der Waals surface area contributed by atoms with E-state index in [0.717, 1.165) is 5.56 Å². The summed E-state index contributed by atoms with van der Waals surface area (Å²) in [5, 5.41) is 11.9. The summed E-state index contributed by atoms with van der Waals surface area (Å²) in [6, 6.07) is 10.9. The lowest BCUT2D eigenvalue weighted by Gasteiger charge is -2.05. The summed E-state index contributed by atoms with van der Waals surface area (Å²) in [6.07, 6.45) is 1.60. The molecule has 0 aliphatic rings. The van der Waals surface area contributed by atoms with Gasteiger partial charge in [0.2, 0.25) is 0 Å². The Kier molecular flexibility index (Phi) is 4.38. The van der Waals surface area contributed by atoms with Crippen molar-refractivity contribution in [3.8, 4) is 0 Å². The molecule has 0 bridgehead atoms. The van der Waals surface area contributed by atoms with Crippen molar-refractivity contribution in [3.63, 3.8) is 0 Å². The van der Waals surface area contributed by atoms with Gasteiger partial charge in [-0.2, -0.15) is 0 Å². The van der Waals surface area contributed by atoms with E-state index in [0.29, 0.717) is 5.02 Å². The molecule has 3 rings (SSSR count). The third kappa shape index (κ3) is 3.32. The van der Waals surface area contributed by atoms with Crippen molar-refractivity contribution < 1.29 is 9.90 Å². The van der Waals surface area contributed by atoms with Gasteiger partial charge in [0.15, 0.2) is 5.82 Å². The lowest BCUT2D eigenvalue weighted by molar-refractivity contribution is -0.255. The summed E-state index contributed by atoms with van der Waals surface area (Å²) in [5.74, 6) is -1.22. The molecule has 120 valence electrons. The number of rotatable bonds is 3. The molecule has 3 aromatic rings. The van der Waals surface area contributed by atoms with Gasteiger partial charge in [-0.05, 0) is 41.5 Å². The monoisotopic (exact) mass is 359 g/mol. The molecular weight excluding hydrogens is 351 g/mol. The minimum Gasteiger partial charge on any atom is -0.545 e. The molecule has 1 N–H and O–H groups in total. The third-order valence-corrected chi connectivity index (χ3v) is 3.83. The van der Waals surface area contributed by atoms with Crippen LogP contribution in [0.15, 0.2) is 47.3 Å². The molecule has 24 heavy (non-hydrogen) atoms. The lowest BCUT2D eigenvalue weighted by Crippen LogP contribution is -2.22. The van der Waals surface area contributed by atoms with E-state index in [-0.39, 0.29) is 27.3 Å². The van der Waals surface area contributed by atoms with Crippen LogP contribution in [-0.2, 0) is 0 Å². The number of hydrogen-bond acceptors (Lipinski definition) is 4. The van der Waals surface area contributed by atoms with Crippen molar-refractivity contribution in [1.82, 2.24) is 9.97 Å². The Morgan fingerprint density at radius 1 is 1.21 bits per heavy atom. The molecule has 0 radical (unpaired) electrons.